The third kappa shape index (κ3) is 3.39. The van der Waals surface area contributed by atoms with Gasteiger partial charge < -0.3 is 9.97 Å². The second-order valence-corrected chi connectivity index (χ2v) is 25.7. The summed E-state index contributed by atoms with van der Waals surface area (Å²) in [5.74, 6) is 2.39. The summed E-state index contributed by atoms with van der Waals surface area (Å²) in [7, 11) is -13.1. The van der Waals surface area contributed by atoms with E-state index in [1.165, 1.54) is 0 Å². The second kappa shape index (κ2) is 11.9. The molecule has 2 aliphatic heterocycles. The SMILES string of the molecule is O=[C](O)[Fe]([C](=O)O)([C](=O)O)([C](=O)O)([C](=O)O)([C](=O)O)([C](=O)O)[C](=O)O.c1ccc2c(c1)-c1nc-2nc2[nH]c(nc3nc(nc4[nH]c(n1)c1ccccc41)-c1ccccc1-3)c1ccccc21. The Morgan fingerprint density at radius 3 is 0.662 bits per heavy atom. The van der Waals surface area contributed by atoms with Crippen molar-refractivity contribution >= 4 is 83.1 Å². The summed E-state index contributed by atoms with van der Waals surface area (Å²) < 4.78 is 0. The third-order valence-electron chi connectivity index (χ3n) is 11.7. The summed E-state index contributed by atoms with van der Waals surface area (Å²) in [5, 5.41) is 77.5. The van der Waals surface area contributed by atoms with E-state index in [0.29, 0.717) is 45.9 Å². The quantitative estimate of drug-likeness (QED) is 0.0637. The molecular formula is C40H26FeN8O16. The number of fused-ring (bicyclic) bond motifs is 20. The Morgan fingerprint density at radius 1 is 0.308 bits per heavy atom. The minimum Gasteiger partial charge on any atom is -0.324 e. The van der Waals surface area contributed by atoms with Crippen LogP contribution in [-0.2, 0) is 8.62 Å². The van der Waals surface area contributed by atoms with Crippen LogP contribution in [-0.4, -0.2) is 120 Å². The molecule has 0 aliphatic carbocycles. The first kappa shape index (κ1) is 42.2. The van der Waals surface area contributed by atoms with Gasteiger partial charge in [0, 0.05) is 43.8 Å². The molecule has 65 heavy (non-hydrogen) atoms. The van der Waals surface area contributed by atoms with Crippen LogP contribution in [0.15, 0.2) is 97.1 Å². The first-order chi connectivity index (χ1) is 30.7. The van der Waals surface area contributed by atoms with Crippen LogP contribution in [0.2, 0.25) is 0 Å². The van der Waals surface area contributed by atoms with Gasteiger partial charge in [0.1, 0.15) is 22.6 Å². The van der Waals surface area contributed by atoms with Crippen molar-refractivity contribution in [2.45, 2.75) is 0 Å². The van der Waals surface area contributed by atoms with Gasteiger partial charge in [0.15, 0.2) is 23.3 Å². The molecule has 2 aliphatic rings. The average molecular weight is 931 g/mol. The first-order valence-electron chi connectivity index (χ1n) is 17.8. The van der Waals surface area contributed by atoms with Gasteiger partial charge in [0.2, 0.25) is 0 Å². The maximum absolute atomic E-state index is 13.1. The third-order valence-corrected chi connectivity index (χ3v) is 24.9. The molecule has 0 atom stereocenters. The van der Waals surface area contributed by atoms with Gasteiger partial charge in [-0.05, 0) is 0 Å². The fourth-order valence-corrected chi connectivity index (χ4v) is 13.1. The molecule has 5 heterocycles. The van der Waals surface area contributed by atoms with Gasteiger partial charge in [-0.2, -0.15) is 0 Å². The summed E-state index contributed by atoms with van der Waals surface area (Å²) in [6.07, 6.45) is 0. The van der Waals surface area contributed by atoms with Crippen LogP contribution in [0.3, 0.4) is 0 Å². The summed E-state index contributed by atoms with van der Waals surface area (Å²) in [6.45, 7) is 0. The van der Waals surface area contributed by atoms with Crippen LogP contribution in [0.1, 0.15) is 0 Å². The molecule has 10 N–H and O–H groups in total. The molecule has 25 heteroatoms. The minimum absolute atomic E-state index is 0.597. The maximum atomic E-state index is 11.8. The Hall–Kier alpha value is -9.48. The van der Waals surface area contributed by atoms with Gasteiger partial charge in [-0.1, -0.05) is 97.1 Å². The Morgan fingerprint density at radius 2 is 0.492 bits per heavy atom. The summed E-state index contributed by atoms with van der Waals surface area (Å²) >= 11 is 0. The monoisotopic (exact) mass is 930 g/mol. The molecule has 0 saturated heterocycles. The fourth-order valence-electron chi connectivity index (χ4n) is 7.40. The number of benzene rings is 4. The van der Waals surface area contributed by atoms with E-state index in [4.69, 9.17) is 29.9 Å². The van der Waals surface area contributed by atoms with E-state index >= 15 is 0 Å². The van der Waals surface area contributed by atoms with E-state index < -0.39 is 47.6 Å². The van der Waals surface area contributed by atoms with Crippen molar-refractivity contribution < 1.29 is 87.8 Å². The summed E-state index contributed by atoms with van der Waals surface area (Å²) in [5.41, 5.74) is 6.45. The Labute approximate surface area is 352 Å². The van der Waals surface area contributed by atoms with Crippen molar-refractivity contribution in [2.75, 3.05) is 0 Å². The van der Waals surface area contributed by atoms with E-state index in [0.717, 1.165) is 43.8 Å². The van der Waals surface area contributed by atoms with Gasteiger partial charge in [-0.3, -0.25) is 0 Å². The molecule has 0 radical (unpaired) electrons. The number of nitrogens with zero attached hydrogens (tertiary/aromatic N) is 6. The molecule has 0 saturated carbocycles. The van der Waals surface area contributed by atoms with Crippen LogP contribution >= 0.6 is 0 Å². The predicted octanol–water partition coefficient (Wildman–Crippen LogP) is 8.58. The van der Waals surface area contributed by atoms with Crippen molar-refractivity contribution in [1.82, 2.24) is 39.9 Å². The minimum atomic E-state index is -13.1. The van der Waals surface area contributed by atoms with Crippen molar-refractivity contribution in [1.29, 1.82) is 0 Å². The van der Waals surface area contributed by atoms with Crippen LogP contribution in [0, 0.1) is 0 Å². The number of nitrogens with one attached hydrogen (secondary N) is 2. The van der Waals surface area contributed by atoms with Crippen molar-refractivity contribution in [3.8, 4) is 45.6 Å². The van der Waals surface area contributed by atoms with Gasteiger partial charge in [-0.25, -0.2) is 29.9 Å². The van der Waals surface area contributed by atoms with Gasteiger partial charge >= 0.3 is 127 Å². The number of hydrogen-bond donors (Lipinski definition) is 10. The Kier molecular flexibility index (Phi) is 7.73. The molecule has 0 fully saturated rings. The number of carbonyl (C=O) groups is 8. The summed E-state index contributed by atoms with van der Waals surface area (Å²) in [4.78, 5) is 93.9. The zero-order chi connectivity index (χ0) is 47.2. The molecule has 0 amide bonds. The van der Waals surface area contributed by atoms with E-state index in [1.807, 2.05) is 97.1 Å². The Balaban J connectivity index is 0.000000202. The van der Waals surface area contributed by atoms with Crippen LogP contribution in [0.25, 0.3) is 89.7 Å². The van der Waals surface area contributed by atoms with Gasteiger partial charge in [-0.15, -0.1) is 0 Å². The second-order valence-electron chi connectivity index (χ2n) is 14.2. The van der Waals surface area contributed by atoms with Gasteiger partial charge in [0.25, 0.3) is 0 Å². The number of hydrogen-bond acceptors (Lipinski definition) is 14. The number of carboxylic acid groups (broad SMARTS) is 8. The molecular weight excluding hydrogens is 904 g/mol. The standard InChI is InChI=1S/C32H18N8.8CHO2.Fe/c1-2-10-18-17(9-1)25-33-26(18)38-28-21-13-5-6-14-22(21)30(35-28)40-32-24-16-8-7-15-23(24)31(36-32)39-29-20-12-4-3-11-19(20)27(34-29)37-25;8*2-1-3;/h1-16H,(H2,33,34,35,36,37,38,39,40);8*(H,2,3);. The molecule has 3 aromatic heterocycles. The Bertz CT molecular complexity index is 3160. The summed E-state index contributed by atoms with van der Waals surface area (Å²) in [6, 6.07) is 32.2. The molecule has 0 spiro atoms. The average Bonchev–Trinajstić information content (AvgIpc) is 4.00. The van der Waals surface area contributed by atoms with E-state index in [-0.39, 0.29) is 0 Å². The van der Waals surface area contributed by atoms with Crippen LogP contribution < -0.4 is 0 Å². The van der Waals surface area contributed by atoms with Crippen molar-refractivity contribution in [2.24, 2.45) is 0 Å². The van der Waals surface area contributed by atoms with Crippen LogP contribution in [0.4, 0.5) is 38.4 Å². The smallest absolute Gasteiger partial charge is 0.164 e. The fraction of sp³-hybridized carbons (Fsp3) is 0. The van der Waals surface area contributed by atoms with Crippen molar-refractivity contribution in [3.05, 3.63) is 97.1 Å². The molecule has 9 rings (SSSR count). The zero-order valence-corrected chi connectivity index (χ0v) is 33.2. The molecule has 7 aromatic rings. The van der Waals surface area contributed by atoms with E-state index in [9.17, 15) is 79.2 Å². The van der Waals surface area contributed by atoms with Gasteiger partial charge in [0.05, 0.1) is 0 Å². The number of rotatable bonds is 8. The number of aromatic amines is 2. The number of H-pyrrole nitrogens is 2. The van der Waals surface area contributed by atoms with E-state index in [2.05, 4.69) is 9.97 Å². The molecule has 24 nitrogen and oxygen atoms in total. The molecule has 4 aromatic carbocycles. The molecule has 0 unspecified atom stereocenters. The van der Waals surface area contributed by atoms with Crippen LogP contribution in [0.5, 0.6) is 0 Å². The number of aromatic nitrogens is 8. The zero-order valence-electron chi connectivity index (χ0n) is 32.1. The first-order valence-corrected chi connectivity index (χ1v) is 22.2. The normalized spacial score (nSPS) is 14.0. The molecule has 330 valence electrons. The van der Waals surface area contributed by atoms with Crippen molar-refractivity contribution in [3.63, 3.8) is 0 Å². The topological polar surface area (TPSA) is 407 Å². The maximum Gasteiger partial charge on any atom is 0.164 e. The van der Waals surface area contributed by atoms with E-state index in [1.54, 1.807) is 0 Å². The largest absolute Gasteiger partial charge is 0.324 e. The molecule has 8 bridgehead atoms. The predicted molar refractivity (Wildman–Crippen MR) is 220 cm³/mol.